The number of para-hydroxylation sites is 1. The first-order valence-corrected chi connectivity index (χ1v) is 7.85. The highest BCUT2D eigenvalue weighted by Crippen LogP contribution is 2.34. The van der Waals surface area contributed by atoms with E-state index in [1.807, 2.05) is 18.2 Å². The quantitative estimate of drug-likeness (QED) is 0.698. The van der Waals surface area contributed by atoms with Crippen molar-refractivity contribution in [2.24, 2.45) is 0 Å². The van der Waals surface area contributed by atoms with Crippen molar-refractivity contribution in [3.8, 4) is 5.75 Å². The van der Waals surface area contributed by atoms with Gasteiger partial charge in [0.15, 0.2) is 12.4 Å². The van der Waals surface area contributed by atoms with Crippen LogP contribution in [0, 0.1) is 0 Å². The zero-order chi connectivity index (χ0) is 15.4. The van der Waals surface area contributed by atoms with E-state index in [0.29, 0.717) is 26.6 Å². The number of hydrogen-bond donors (Lipinski definition) is 2. The van der Waals surface area contributed by atoms with Crippen LogP contribution in [0.3, 0.4) is 0 Å². The molecular formula is C14H11Br2ClN2O2. The van der Waals surface area contributed by atoms with Crippen molar-refractivity contribution in [1.29, 1.82) is 0 Å². The third kappa shape index (κ3) is 4.36. The Balaban J connectivity index is 2.01. The molecule has 0 aliphatic heterocycles. The fraction of sp³-hybridized carbons (Fsp3) is 0.0714. The molecule has 0 fully saturated rings. The van der Waals surface area contributed by atoms with E-state index in [9.17, 15) is 4.79 Å². The van der Waals surface area contributed by atoms with E-state index in [1.165, 1.54) is 0 Å². The molecule has 2 rings (SSSR count). The molecule has 0 aliphatic rings. The highest BCUT2D eigenvalue weighted by Gasteiger charge is 2.11. The number of benzene rings is 2. The highest BCUT2D eigenvalue weighted by atomic mass is 79.9. The van der Waals surface area contributed by atoms with Crippen LogP contribution in [0.25, 0.3) is 0 Å². The van der Waals surface area contributed by atoms with Crippen molar-refractivity contribution in [2.45, 2.75) is 0 Å². The molecule has 0 unspecified atom stereocenters. The fourth-order valence-corrected chi connectivity index (χ4v) is 2.95. The lowest BCUT2D eigenvalue weighted by molar-refractivity contribution is -0.118. The SMILES string of the molecule is Nc1cc(Cl)cc(Br)c1OCC(=O)Nc1ccccc1Br. The molecule has 0 aliphatic carbocycles. The maximum atomic E-state index is 11.9. The molecule has 0 aromatic heterocycles. The zero-order valence-corrected chi connectivity index (χ0v) is 14.6. The molecule has 0 radical (unpaired) electrons. The third-order valence-electron chi connectivity index (χ3n) is 2.53. The molecule has 7 heteroatoms. The van der Waals surface area contributed by atoms with Crippen molar-refractivity contribution in [3.05, 3.63) is 50.4 Å². The summed E-state index contributed by atoms with van der Waals surface area (Å²) < 4.78 is 6.83. The normalized spacial score (nSPS) is 10.2. The van der Waals surface area contributed by atoms with E-state index in [4.69, 9.17) is 22.1 Å². The van der Waals surface area contributed by atoms with Crippen molar-refractivity contribution in [3.63, 3.8) is 0 Å². The van der Waals surface area contributed by atoms with E-state index < -0.39 is 0 Å². The molecule has 21 heavy (non-hydrogen) atoms. The summed E-state index contributed by atoms with van der Waals surface area (Å²) in [5, 5.41) is 3.23. The largest absolute Gasteiger partial charge is 0.480 e. The summed E-state index contributed by atoms with van der Waals surface area (Å²) >= 11 is 12.5. The lowest BCUT2D eigenvalue weighted by atomic mass is 10.3. The van der Waals surface area contributed by atoms with Gasteiger partial charge in [-0.2, -0.15) is 0 Å². The number of rotatable bonds is 4. The molecule has 0 spiro atoms. The Bertz CT molecular complexity index is 657. The van der Waals surface area contributed by atoms with Crippen molar-refractivity contribution >= 4 is 60.7 Å². The van der Waals surface area contributed by atoms with Crippen LogP contribution < -0.4 is 15.8 Å². The van der Waals surface area contributed by atoms with Gasteiger partial charge in [-0.05, 0) is 56.1 Å². The summed E-state index contributed by atoms with van der Waals surface area (Å²) in [5.41, 5.74) is 6.85. The number of nitrogens with one attached hydrogen (secondary N) is 1. The maximum Gasteiger partial charge on any atom is 0.262 e. The molecule has 0 saturated heterocycles. The summed E-state index contributed by atoms with van der Waals surface area (Å²) in [7, 11) is 0. The number of nitrogens with two attached hydrogens (primary N) is 1. The highest BCUT2D eigenvalue weighted by molar-refractivity contribution is 9.11. The standard InChI is InChI=1S/C14H11Br2ClN2O2/c15-9-3-1-2-4-12(9)19-13(20)7-21-14-10(16)5-8(17)6-11(14)18/h1-6H,7,18H2,(H,19,20). The molecule has 3 N–H and O–H groups in total. The molecule has 0 atom stereocenters. The Labute approximate surface area is 143 Å². The summed E-state index contributed by atoms with van der Waals surface area (Å²) in [6, 6.07) is 10.5. The Morgan fingerprint density at radius 3 is 2.62 bits per heavy atom. The summed E-state index contributed by atoms with van der Waals surface area (Å²) in [6.07, 6.45) is 0. The van der Waals surface area contributed by atoms with Crippen LogP contribution in [-0.2, 0) is 4.79 Å². The lowest BCUT2D eigenvalue weighted by Gasteiger charge is -2.12. The number of nitrogen functional groups attached to an aromatic ring is 1. The number of hydrogen-bond acceptors (Lipinski definition) is 3. The van der Waals surface area contributed by atoms with E-state index in [0.717, 1.165) is 4.47 Å². The second kappa shape index (κ2) is 7.15. The first-order valence-electron chi connectivity index (χ1n) is 5.89. The summed E-state index contributed by atoms with van der Waals surface area (Å²) in [6.45, 7) is -0.161. The Kier molecular flexibility index (Phi) is 5.50. The van der Waals surface area contributed by atoms with E-state index >= 15 is 0 Å². The average Bonchev–Trinajstić information content (AvgIpc) is 2.40. The van der Waals surface area contributed by atoms with E-state index in [1.54, 1.807) is 18.2 Å². The maximum absolute atomic E-state index is 11.9. The first kappa shape index (κ1) is 16.1. The smallest absolute Gasteiger partial charge is 0.262 e. The fourth-order valence-electron chi connectivity index (χ4n) is 1.62. The molecule has 110 valence electrons. The van der Waals surface area contributed by atoms with Crippen molar-refractivity contribution in [1.82, 2.24) is 0 Å². The minimum Gasteiger partial charge on any atom is -0.480 e. The van der Waals surface area contributed by atoms with Gasteiger partial charge in [0, 0.05) is 9.50 Å². The minimum atomic E-state index is -0.289. The topological polar surface area (TPSA) is 64.3 Å². The van der Waals surface area contributed by atoms with E-state index in [-0.39, 0.29) is 12.5 Å². The minimum absolute atomic E-state index is 0.161. The predicted molar refractivity (Wildman–Crippen MR) is 91.8 cm³/mol. The van der Waals surface area contributed by atoms with Gasteiger partial charge in [-0.1, -0.05) is 23.7 Å². The lowest BCUT2D eigenvalue weighted by Crippen LogP contribution is -2.20. The summed E-state index contributed by atoms with van der Waals surface area (Å²) in [4.78, 5) is 11.9. The average molecular weight is 435 g/mol. The molecule has 4 nitrogen and oxygen atoms in total. The molecule has 2 aromatic carbocycles. The third-order valence-corrected chi connectivity index (χ3v) is 4.03. The Hall–Kier alpha value is -1.24. The second-order valence-electron chi connectivity index (χ2n) is 4.12. The van der Waals surface area contributed by atoms with Gasteiger partial charge in [0.2, 0.25) is 0 Å². The second-order valence-corrected chi connectivity index (χ2v) is 6.27. The van der Waals surface area contributed by atoms with Crippen LogP contribution in [0.4, 0.5) is 11.4 Å². The van der Waals surface area contributed by atoms with Gasteiger partial charge in [-0.25, -0.2) is 0 Å². The van der Waals surface area contributed by atoms with Crippen LogP contribution in [0.1, 0.15) is 0 Å². The number of carbonyl (C=O) groups excluding carboxylic acids is 1. The van der Waals surface area contributed by atoms with Crippen LogP contribution >= 0.6 is 43.5 Å². The number of anilines is 2. The van der Waals surface area contributed by atoms with Gasteiger partial charge in [0.1, 0.15) is 0 Å². The van der Waals surface area contributed by atoms with Gasteiger partial charge in [-0.3, -0.25) is 4.79 Å². The zero-order valence-electron chi connectivity index (χ0n) is 10.7. The monoisotopic (exact) mass is 432 g/mol. The molecule has 0 saturated carbocycles. The molecule has 2 aromatic rings. The molecular weight excluding hydrogens is 423 g/mol. The number of halogens is 3. The number of carbonyl (C=O) groups is 1. The summed E-state index contributed by atoms with van der Waals surface area (Å²) in [5.74, 6) is 0.102. The Morgan fingerprint density at radius 2 is 1.95 bits per heavy atom. The number of ether oxygens (including phenoxy) is 1. The first-order chi connectivity index (χ1) is 9.97. The van der Waals surface area contributed by atoms with Crippen molar-refractivity contribution < 1.29 is 9.53 Å². The molecule has 0 bridgehead atoms. The van der Waals surface area contributed by atoms with Crippen molar-refractivity contribution in [2.75, 3.05) is 17.7 Å². The predicted octanol–water partition coefficient (Wildman–Crippen LogP) is 4.46. The molecule has 0 heterocycles. The van der Waals surface area contributed by atoms with Crippen LogP contribution in [0.15, 0.2) is 45.3 Å². The van der Waals surface area contributed by atoms with Gasteiger partial charge >= 0.3 is 0 Å². The van der Waals surface area contributed by atoms with Gasteiger partial charge in [0.05, 0.1) is 15.8 Å². The van der Waals surface area contributed by atoms with Gasteiger partial charge < -0.3 is 15.8 Å². The van der Waals surface area contributed by atoms with E-state index in [2.05, 4.69) is 37.2 Å². The van der Waals surface area contributed by atoms with Gasteiger partial charge in [-0.15, -0.1) is 0 Å². The van der Waals surface area contributed by atoms with Gasteiger partial charge in [0.25, 0.3) is 5.91 Å². The number of amides is 1. The van der Waals surface area contributed by atoms with Crippen LogP contribution in [0.2, 0.25) is 5.02 Å². The van der Waals surface area contributed by atoms with Crippen LogP contribution in [0.5, 0.6) is 5.75 Å². The van der Waals surface area contributed by atoms with Crippen LogP contribution in [-0.4, -0.2) is 12.5 Å². The molecule has 1 amide bonds. The Morgan fingerprint density at radius 1 is 1.24 bits per heavy atom.